The number of aliphatic hydroxyl groups excluding tert-OH is 1. The van der Waals surface area contributed by atoms with Crippen molar-refractivity contribution >= 4 is 15.8 Å². The zero-order valence-electron chi connectivity index (χ0n) is 23.9. The van der Waals surface area contributed by atoms with E-state index in [1.807, 2.05) is 43.6 Å². The first-order valence-electron chi connectivity index (χ1n) is 14.6. The molecule has 1 N–H and O–H groups in total. The monoisotopic (exact) mass is 588 g/mol. The van der Waals surface area contributed by atoms with Gasteiger partial charge in [0.25, 0.3) is 0 Å². The SMILES string of the molecule is CCCC1CCCCN1S(=O)(=O)c1cccc(-c2cccc(-n3ncc(C(=O)CO)c3[C@@H]3C[C@H]3c3cn(C)nn3)c2)c1. The van der Waals surface area contributed by atoms with Crippen LogP contribution in [0.4, 0.5) is 0 Å². The van der Waals surface area contributed by atoms with Crippen LogP contribution in [0, 0.1) is 0 Å². The topological polar surface area (TPSA) is 123 Å². The van der Waals surface area contributed by atoms with Crippen LogP contribution in [0.25, 0.3) is 16.8 Å². The predicted octanol–water partition coefficient (Wildman–Crippen LogP) is 4.46. The van der Waals surface area contributed by atoms with Crippen molar-refractivity contribution in [2.45, 2.75) is 68.2 Å². The molecule has 2 aliphatic rings. The first-order chi connectivity index (χ1) is 20.3. The summed E-state index contributed by atoms with van der Waals surface area (Å²) < 4.78 is 32.7. The van der Waals surface area contributed by atoms with E-state index in [-0.39, 0.29) is 23.7 Å². The largest absolute Gasteiger partial charge is 0.388 e. The van der Waals surface area contributed by atoms with Gasteiger partial charge in [-0.3, -0.25) is 9.48 Å². The highest BCUT2D eigenvalue weighted by Gasteiger charge is 2.45. The highest BCUT2D eigenvalue weighted by molar-refractivity contribution is 7.89. The number of carbonyl (C=O) groups excluding carboxylic acids is 1. The number of rotatable bonds is 10. The molecule has 1 unspecified atom stereocenters. The Morgan fingerprint density at radius 1 is 1.07 bits per heavy atom. The van der Waals surface area contributed by atoms with E-state index < -0.39 is 16.6 Å². The number of ketones is 1. The molecule has 11 heteroatoms. The van der Waals surface area contributed by atoms with Crippen LogP contribution in [0.5, 0.6) is 0 Å². The van der Waals surface area contributed by atoms with Gasteiger partial charge in [0.15, 0.2) is 5.78 Å². The number of aryl methyl sites for hydroxylation is 1. The van der Waals surface area contributed by atoms with Gasteiger partial charge in [0.2, 0.25) is 10.0 Å². The Bertz CT molecular complexity index is 1710. The van der Waals surface area contributed by atoms with E-state index in [1.165, 1.54) is 6.20 Å². The van der Waals surface area contributed by atoms with Gasteiger partial charge in [0.05, 0.1) is 33.7 Å². The molecule has 0 radical (unpaired) electrons. The molecule has 2 aromatic heterocycles. The van der Waals surface area contributed by atoms with Crippen molar-refractivity contribution in [1.29, 1.82) is 0 Å². The highest BCUT2D eigenvalue weighted by Crippen LogP contribution is 2.55. The van der Waals surface area contributed by atoms with Crippen LogP contribution in [0.2, 0.25) is 0 Å². The Labute approximate surface area is 246 Å². The fourth-order valence-corrected chi connectivity index (χ4v) is 8.05. The number of piperidine rings is 1. The van der Waals surface area contributed by atoms with Crippen LogP contribution in [0.15, 0.2) is 65.8 Å². The van der Waals surface area contributed by atoms with E-state index in [1.54, 1.807) is 31.9 Å². The third-order valence-electron chi connectivity index (χ3n) is 8.45. The maximum Gasteiger partial charge on any atom is 0.243 e. The average molecular weight is 589 g/mol. The van der Waals surface area contributed by atoms with E-state index in [9.17, 15) is 18.3 Å². The molecule has 220 valence electrons. The minimum atomic E-state index is -3.63. The zero-order chi connectivity index (χ0) is 29.4. The van der Waals surface area contributed by atoms with Gasteiger partial charge in [0, 0.05) is 37.7 Å². The van der Waals surface area contributed by atoms with Crippen LogP contribution in [0.1, 0.15) is 79.0 Å². The molecule has 42 heavy (non-hydrogen) atoms. The van der Waals surface area contributed by atoms with Gasteiger partial charge >= 0.3 is 0 Å². The number of benzene rings is 2. The number of aliphatic hydroxyl groups is 1. The molecule has 6 rings (SSSR count). The Kier molecular flexibility index (Phi) is 7.82. The molecular weight excluding hydrogens is 552 g/mol. The van der Waals surface area contributed by atoms with Gasteiger partial charge < -0.3 is 5.11 Å². The first-order valence-corrected chi connectivity index (χ1v) is 16.1. The summed E-state index contributed by atoms with van der Waals surface area (Å²) in [6, 6.07) is 14.9. The molecule has 1 saturated heterocycles. The Morgan fingerprint density at radius 2 is 1.86 bits per heavy atom. The van der Waals surface area contributed by atoms with E-state index in [2.05, 4.69) is 22.3 Å². The standard InChI is InChI=1S/C31H36N6O4S/c1-3-8-23-11-4-5-14-36(23)42(40,41)25-13-7-10-22(16-25)21-9-6-12-24(15-21)37-31(28(18-32-37)30(39)20-38)27-17-26(27)29-19-35(2)34-33-29/h6-7,9-10,12-13,15-16,18-19,23,26-27,38H,3-5,8,11,14,17,20H2,1-2H3/t23?,26-,27-/m1/s1. The molecule has 0 spiro atoms. The molecule has 0 amide bonds. The van der Waals surface area contributed by atoms with Crippen LogP contribution < -0.4 is 0 Å². The molecule has 1 saturated carbocycles. The maximum atomic E-state index is 13.8. The van der Waals surface area contributed by atoms with Crippen molar-refractivity contribution in [3.63, 3.8) is 0 Å². The number of carbonyl (C=O) groups is 1. The average Bonchev–Trinajstić information content (AvgIpc) is 3.46. The van der Waals surface area contributed by atoms with Gasteiger partial charge in [0.1, 0.15) is 6.61 Å². The van der Waals surface area contributed by atoms with Crippen molar-refractivity contribution in [3.05, 3.63) is 77.9 Å². The lowest BCUT2D eigenvalue weighted by Gasteiger charge is -2.34. The molecule has 1 aliphatic carbocycles. The molecule has 3 atom stereocenters. The first kappa shape index (κ1) is 28.4. The van der Waals surface area contributed by atoms with Crippen LogP contribution in [-0.2, 0) is 17.1 Å². The van der Waals surface area contributed by atoms with Crippen molar-refractivity contribution in [2.75, 3.05) is 13.2 Å². The summed E-state index contributed by atoms with van der Waals surface area (Å²) in [5.41, 5.74) is 4.37. The Hall–Kier alpha value is -3.67. The lowest BCUT2D eigenvalue weighted by Crippen LogP contribution is -2.43. The number of sulfonamides is 1. The molecular formula is C31H36N6O4S. The molecule has 3 heterocycles. The van der Waals surface area contributed by atoms with Gasteiger partial charge in [-0.1, -0.05) is 49.2 Å². The van der Waals surface area contributed by atoms with E-state index >= 15 is 0 Å². The minimum absolute atomic E-state index is 0.00689. The van der Waals surface area contributed by atoms with Crippen LogP contribution >= 0.6 is 0 Å². The Morgan fingerprint density at radius 3 is 2.60 bits per heavy atom. The lowest BCUT2D eigenvalue weighted by molar-refractivity contribution is 0.0902. The zero-order valence-corrected chi connectivity index (χ0v) is 24.7. The third-order valence-corrected chi connectivity index (χ3v) is 10.4. The summed E-state index contributed by atoms with van der Waals surface area (Å²) >= 11 is 0. The van der Waals surface area contributed by atoms with E-state index in [4.69, 9.17) is 0 Å². The molecule has 10 nitrogen and oxygen atoms in total. The van der Waals surface area contributed by atoms with Gasteiger partial charge in [-0.15, -0.1) is 5.10 Å². The van der Waals surface area contributed by atoms with Crippen LogP contribution in [0.3, 0.4) is 0 Å². The summed E-state index contributed by atoms with van der Waals surface area (Å²) in [4.78, 5) is 13.0. The normalized spacial score (nSPS) is 21.0. The predicted molar refractivity (Wildman–Crippen MR) is 158 cm³/mol. The lowest BCUT2D eigenvalue weighted by atomic mass is 10.0. The number of hydrogen-bond donors (Lipinski definition) is 1. The Balaban J connectivity index is 1.34. The summed E-state index contributed by atoms with van der Waals surface area (Å²) in [7, 11) is -1.81. The summed E-state index contributed by atoms with van der Waals surface area (Å²) in [6.07, 6.45) is 8.86. The van der Waals surface area contributed by atoms with Crippen LogP contribution in [-0.4, -0.2) is 67.6 Å². The number of nitrogens with zero attached hydrogens (tertiary/aromatic N) is 6. The quantitative estimate of drug-likeness (QED) is 0.271. The van der Waals surface area contributed by atoms with Crippen molar-refractivity contribution in [1.82, 2.24) is 29.1 Å². The summed E-state index contributed by atoms with van der Waals surface area (Å²) in [5, 5.41) is 22.5. The number of aromatic nitrogens is 5. The molecule has 0 bridgehead atoms. The second kappa shape index (κ2) is 11.5. The van der Waals surface area contributed by atoms with Gasteiger partial charge in [-0.2, -0.15) is 9.40 Å². The molecule has 1 aliphatic heterocycles. The fraction of sp³-hybridized carbons (Fsp3) is 0.419. The summed E-state index contributed by atoms with van der Waals surface area (Å²) in [6.45, 7) is 2.05. The second-order valence-electron chi connectivity index (χ2n) is 11.3. The number of hydrogen-bond acceptors (Lipinski definition) is 7. The van der Waals surface area contributed by atoms with E-state index in [0.717, 1.165) is 66.7 Å². The molecule has 2 aromatic carbocycles. The van der Waals surface area contributed by atoms with Crippen molar-refractivity contribution in [3.8, 4) is 16.8 Å². The fourth-order valence-electron chi connectivity index (χ4n) is 6.28. The second-order valence-corrected chi connectivity index (χ2v) is 13.2. The maximum absolute atomic E-state index is 13.8. The number of Topliss-reactive ketones (excluding diaryl/α,β-unsaturated/α-hetero) is 1. The molecule has 2 fully saturated rings. The smallest absolute Gasteiger partial charge is 0.243 e. The van der Waals surface area contributed by atoms with Crippen molar-refractivity contribution in [2.24, 2.45) is 7.05 Å². The highest BCUT2D eigenvalue weighted by atomic mass is 32.2. The van der Waals surface area contributed by atoms with E-state index in [0.29, 0.717) is 17.0 Å². The van der Waals surface area contributed by atoms with Gasteiger partial charge in [-0.05, 0) is 61.1 Å². The summed E-state index contributed by atoms with van der Waals surface area (Å²) in [5.74, 6) is -0.266. The van der Waals surface area contributed by atoms with Gasteiger partial charge in [-0.25, -0.2) is 13.1 Å². The third kappa shape index (κ3) is 5.32. The minimum Gasteiger partial charge on any atom is -0.388 e. The molecule has 4 aromatic rings. The van der Waals surface area contributed by atoms with Crippen molar-refractivity contribution < 1.29 is 18.3 Å².